The number of hydrogen-bond donors (Lipinski definition) is 0. The summed E-state index contributed by atoms with van der Waals surface area (Å²) in [7, 11) is -0.333. The van der Waals surface area contributed by atoms with E-state index in [1.807, 2.05) is 0 Å². The summed E-state index contributed by atoms with van der Waals surface area (Å²) >= 11 is 0. The smallest absolute Gasteiger partial charge is 1.00 e. The van der Waals surface area contributed by atoms with Gasteiger partial charge in [-0.1, -0.05) is 80.8 Å². The van der Waals surface area contributed by atoms with Crippen molar-refractivity contribution in [3.8, 4) is 0 Å². The topological polar surface area (TPSA) is 0 Å². The molecule has 1 atom stereocenters. The number of hydrogen-bond acceptors (Lipinski definition) is 0. The van der Waals surface area contributed by atoms with Crippen LogP contribution in [0.3, 0.4) is 0 Å². The number of benzene rings is 1. The molecule has 5 heteroatoms. The van der Waals surface area contributed by atoms with Gasteiger partial charge < -0.3 is 37.2 Å². The molecule has 3 rings (SSSR count). The molecule has 2 aromatic rings. The van der Waals surface area contributed by atoms with Gasteiger partial charge in [0, 0.05) is 9.52 Å². The minimum atomic E-state index is -0.333. The fourth-order valence-electron chi connectivity index (χ4n) is 3.88. The van der Waals surface area contributed by atoms with Crippen LogP contribution in [0, 0.1) is 0 Å². The van der Waals surface area contributed by atoms with E-state index in [0.29, 0.717) is 5.04 Å². The van der Waals surface area contributed by atoms with E-state index in [0.717, 1.165) is 6.42 Å². The van der Waals surface area contributed by atoms with Crippen LogP contribution in [0.15, 0.2) is 72.8 Å². The summed E-state index contributed by atoms with van der Waals surface area (Å²) in [6.07, 6.45) is 17.2. The molecule has 0 saturated carbocycles. The molecule has 1 aliphatic carbocycles. The van der Waals surface area contributed by atoms with Crippen LogP contribution in [0.25, 0.3) is 0 Å². The second-order valence-electron chi connectivity index (χ2n) is 7.23. The summed E-state index contributed by atoms with van der Waals surface area (Å²) < 4.78 is 0. The zero-order valence-corrected chi connectivity index (χ0v) is 21.8. The fourth-order valence-corrected chi connectivity index (χ4v) is 6.35. The Morgan fingerprint density at radius 1 is 0.964 bits per heavy atom. The molecule has 0 aliphatic heterocycles. The Labute approximate surface area is 207 Å². The monoisotopic (exact) mass is 486 g/mol. The Balaban J connectivity index is 0. The van der Waals surface area contributed by atoms with Gasteiger partial charge in [0.15, 0.2) is 0 Å². The van der Waals surface area contributed by atoms with Crippen LogP contribution in [0.5, 0.6) is 0 Å². The van der Waals surface area contributed by atoms with E-state index in [1.54, 1.807) is 10.8 Å². The van der Waals surface area contributed by atoms with Crippen molar-refractivity contribution in [2.24, 2.45) is 0 Å². The molecule has 28 heavy (non-hydrogen) atoms. The third kappa shape index (κ3) is 8.69. The Hall–Kier alpha value is -0.149. The van der Waals surface area contributed by atoms with Crippen molar-refractivity contribution in [3.63, 3.8) is 0 Å². The molecular formula is C23H29Cl3SiTi. The Kier molecular flexibility index (Phi) is 16.8. The summed E-state index contributed by atoms with van der Waals surface area (Å²) in [5, 5.41) is 2.14. The number of unbranched alkanes of at least 4 members (excludes halogenated alkanes) is 2. The molecule has 1 aliphatic rings. The molecule has 0 aromatic heterocycles. The Bertz CT molecular complexity index is 697. The summed E-state index contributed by atoms with van der Waals surface area (Å²) in [6, 6.07) is 17.9. The van der Waals surface area contributed by atoms with Gasteiger partial charge in [0.05, 0.1) is 0 Å². The van der Waals surface area contributed by atoms with E-state index < -0.39 is 0 Å². The van der Waals surface area contributed by atoms with E-state index in [-0.39, 0.29) is 68.5 Å². The van der Waals surface area contributed by atoms with Crippen molar-refractivity contribution in [2.45, 2.75) is 50.5 Å². The summed E-state index contributed by atoms with van der Waals surface area (Å²) in [5.74, 6) is 0. The first-order chi connectivity index (χ1) is 11.8. The number of rotatable bonds is 8. The van der Waals surface area contributed by atoms with Crippen molar-refractivity contribution in [1.82, 2.24) is 0 Å². The van der Waals surface area contributed by atoms with Crippen LogP contribution in [0.4, 0.5) is 0 Å². The normalized spacial score (nSPS) is 17.3. The summed E-state index contributed by atoms with van der Waals surface area (Å²) in [6.45, 7) is 2.30. The zero-order valence-electron chi connectivity index (χ0n) is 16.5. The van der Waals surface area contributed by atoms with Gasteiger partial charge in [-0.15, -0.1) is 0 Å². The third-order valence-corrected chi connectivity index (χ3v) is 7.94. The molecule has 0 saturated heterocycles. The van der Waals surface area contributed by atoms with Crippen LogP contribution in [-0.2, 0) is 28.1 Å². The van der Waals surface area contributed by atoms with Crippen LogP contribution in [-0.4, -0.2) is 9.52 Å². The molecule has 0 fully saturated rings. The molecule has 0 amide bonds. The predicted octanol–water partition coefficient (Wildman–Crippen LogP) is -3.94. The van der Waals surface area contributed by atoms with Crippen molar-refractivity contribution >= 4 is 14.7 Å². The second-order valence-corrected chi connectivity index (χ2v) is 9.75. The second kappa shape index (κ2) is 15.7. The van der Waals surface area contributed by atoms with E-state index in [1.165, 1.54) is 37.7 Å². The first-order valence-corrected chi connectivity index (χ1v) is 10.8. The number of halogens is 3. The standard InChI is InChI=1S/C23H29Si.3ClH.Ti/c1-2-3-8-16-23(17-9-5-10-18-23)24-22-15-11-14-21(22)19-20-12-6-4-7-13-20;;;;/h4-7,9-15,17H,2-3,8,16,18-19,24H2,1H3;3*1H;/q-1;;;;+4/p-3. The Morgan fingerprint density at radius 2 is 1.71 bits per heavy atom. The van der Waals surface area contributed by atoms with Crippen molar-refractivity contribution in [1.29, 1.82) is 0 Å². The summed E-state index contributed by atoms with van der Waals surface area (Å²) in [4.78, 5) is 0. The van der Waals surface area contributed by atoms with Gasteiger partial charge in [0.2, 0.25) is 0 Å². The van der Waals surface area contributed by atoms with E-state index in [2.05, 4.69) is 79.8 Å². The van der Waals surface area contributed by atoms with Gasteiger partial charge in [-0.05, 0) is 29.9 Å². The van der Waals surface area contributed by atoms with Crippen LogP contribution >= 0.6 is 0 Å². The molecule has 0 bridgehead atoms. The number of allylic oxidation sites excluding steroid dienone is 4. The quantitative estimate of drug-likeness (QED) is 0.203. The van der Waals surface area contributed by atoms with E-state index in [9.17, 15) is 0 Å². The van der Waals surface area contributed by atoms with Crippen molar-refractivity contribution in [3.05, 3.63) is 84.0 Å². The fraction of sp³-hybridized carbons (Fsp3) is 0.348. The van der Waals surface area contributed by atoms with E-state index in [4.69, 9.17) is 0 Å². The van der Waals surface area contributed by atoms with Crippen LogP contribution < -0.4 is 42.4 Å². The van der Waals surface area contributed by atoms with Gasteiger partial charge in [-0.2, -0.15) is 16.8 Å². The maximum absolute atomic E-state index is 2.54. The van der Waals surface area contributed by atoms with E-state index >= 15 is 0 Å². The van der Waals surface area contributed by atoms with Crippen LogP contribution in [0.1, 0.15) is 50.2 Å². The minimum Gasteiger partial charge on any atom is -1.00 e. The first kappa shape index (κ1) is 30.0. The first-order valence-electron chi connectivity index (χ1n) is 9.43. The average Bonchev–Trinajstić information content (AvgIpc) is 3.03. The molecular weight excluding hydrogens is 459 g/mol. The van der Waals surface area contributed by atoms with Crippen molar-refractivity contribution < 1.29 is 58.9 Å². The van der Waals surface area contributed by atoms with Gasteiger partial charge in [-0.25, -0.2) is 12.1 Å². The average molecular weight is 488 g/mol. The third-order valence-electron chi connectivity index (χ3n) is 5.29. The molecule has 0 spiro atoms. The van der Waals surface area contributed by atoms with Crippen molar-refractivity contribution in [2.75, 3.05) is 0 Å². The summed E-state index contributed by atoms with van der Waals surface area (Å²) in [5.41, 5.74) is 2.99. The largest absolute Gasteiger partial charge is 4.00 e. The SMILES string of the molecule is CCCCCC1([SiH2][c-]2cccc2Cc2ccccc2)C=CC=CC1.[Cl-].[Cl-].[Cl-].[Ti+4]. The van der Waals surface area contributed by atoms with Gasteiger partial charge in [-0.3, -0.25) is 0 Å². The van der Waals surface area contributed by atoms with Gasteiger partial charge in [0.25, 0.3) is 0 Å². The van der Waals surface area contributed by atoms with Crippen LogP contribution in [0.2, 0.25) is 5.04 Å². The zero-order chi connectivity index (χ0) is 16.7. The maximum Gasteiger partial charge on any atom is 4.00 e. The molecule has 0 radical (unpaired) electrons. The molecule has 0 N–H and O–H groups in total. The minimum absolute atomic E-state index is 0. The maximum atomic E-state index is 2.54. The predicted molar refractivity (Wildman–Crippen MR) is 109 cm³/mol. The van der Waals surface area contributed by atoms with Gasteiger partial charge >= 0.3 is 21.7 Å². The molecule has 2 aromatic carbocycles. The molecule has 150 valence electrons. The molecule has 0 heterocycles. The van der Waals surface area contributed by atoms with Gasteiger partial charge in [0.1, 0.15) is 0 Å². The molecule has 0 nitrogen and oxygen atoms in total. The molecule has 1 unspecified atom stereocenters. The Morgan fingerprint density at radius 3 is 2.36 bits per heavy atom.